The summed E-state index contributed by atoms with van der Waals surface area (Å²) < 4.78 is 5.27. The molecule has 2 N–H and O–H groups in total. The number of aromatic nitrogens is 1. The molecule has 0 bridgehead atoms. The predicted octanol–water partition coefficient (Wildman–Crippen LogP) is 2.32. The van der Waals surface area contributed by atoms with Crippen molar-refractivity contribution in [1.82, 2.24) is 10.3 Å². The highest BCUT2D eigenvalue weighted by Crippen LogP contribution is 2.14. The summed E-state index contributed by atoms with van der Waals surface area (Å²) in [4.78, 5) is 15.1. The van der Waals surface area contributed by atoms with Crippen molar-refractivity contribution in [2.75, 3.05) is 13.2 Å². The number of hydrogen-bond donors (Lipinski definition) is 2. The van der Waals surface area contributed by atoms with Crippen LogP contribution in [0.2, 0.25) is 0 Å². The molecule has 96 valence electrons. The van der Waals surface area contributed by atoms with Crippen LogP contribution in [-0.4, -0.2) is 30.1 Å². The fraction of sp³-hybridized carbons (Fsp3) is 0.357. The Morgan fingerprint density at radius 2 is 2.28 bits per heavy atom. The summed E-state index contributed by atoms with van der Waals surface area (Å²) in [5.41, 5.74) is 1.63. The van der Waals surface area contributed by atoms with E-state index in [4.69, 9.17) is 4.74 Å². The molecule has 0 radical (unpaired) electrons. The number of rotatable bonds is 5. The van der Waals surface area contributed by atoms with Crippen molar-refractivity contribution < 1.29 is 9.53 Å². The van der Waals surface area contributed by atoms with Crippen LogP contribution in [0.4, 0.5) is 0 Å². The molecule has 4 nitrogen and oxygen atoms in total. The Morgan fingerprint density at radius 1 is 1.44 bits per heavy atom. The second-order valence-electron chi connectivity index (χ2n) is 4.31. The molecular formula is C14H18N2O2. The fourth-order valence-electron chi connectivity index (χ4n) is 1.83. The highest BCUT2D eigenvalue weighted by atomic mass is 16.5. The summed E-state index contributed by atoms with van der Waals surface area (Å²) >= 11 is 0. The molecule has 0 fully saturated rings. The third-order valence-corrected chi connectivity index (χ3v) is 2.77. The summed E-state index contributed by atoms with van der Waals surface area (Å²) in [6, 6.07) is 7.62. The van der Waals surface area contributed by atoms with Gasteiger partial charge in [0, 0.05) is 29.9 Å². The standard InChI is InChI=1S/C14H18N2O2/c1-3-18-9-10(2)16-14(17)12-5-4-11-6-7-15-13(11)8-12/h4-8,10,15H,3,9H2,1-2H3,(H,16,17). The quantitative estimate of drug-likeness (QED) is 0.850. The van der Waals surface area contributed by atoms with Crippen LogP contribution in [0, 0.1) is 0 Å². The summed E-state index contributed by atoms with van der Waals surface area (Å²) in [6.45, 7) is 5.07. The zero-order valence-corrected chi connectivity index (χ0v) is 10.7. The molecule has 0 saturated carbocycles. The molecule has 0 aliphatic rings. The van der Waals surface area contributed by atoms with Gasteiger partial charge in [-0.25, -0.2) is 0 Å². The van der Waals surface area contributed by atoms with Crippen molar-refractivity contribution in [2.45, 2.75) is 19.9 Å². The molecule has 0 aliphatic carbocycles. The first-order valence-corrected chi connectivity index (χ1v) is 6.16. The number of H-pyrrole nitrogens is 1. The second kappa shape index (κ2) is 5.69. The Kier molecular flexibility index (Phi) is 3.99. The first-order chi connectivity index (χ1) is 8.70. The Hall–Kier alpha value is -1.81. The zero-order valence-electron chi connectivity index (χ0n) is 10.7. The number of carbonyl (C=O) groups is 1. The van der Waals surface area contributed by atoms with Crippen LogP contribution >= 0.6 is 0 Å². The number of benzene rings is 1. The Balaban J connectivity index is 2.03. The Bertz CT molecular complexity index is 533. The van der Waals surface area contributed by atoms with E-state index in [0.717, 1.165) is 10.9 Å². The van der Waals surface area contributed by atoms with E-state index in [1.807, 2.05) is 44.3 Å². The van der Waals surface area contributed by atoms with Gasteiger partial charge in [0.15, 0.2) is 0 Å². The highest BCUT2D eigenvalue weighted by Gasteiger charge is 2.10. The summed E-state index contributed by atoms with van der Waals surface area (Å²) in [5.74, 6) is -0.0706. The van der Waals surface area contributed by atoms with E-state index in [9.17, 15) is 4.79 Å². The Labute approximate surface area is 106 Å². The van der Waals surface area contributed by atoms with E-state index < -0.39 is 0 Å². The third kappa shape index (κ3) is 2.90. The first kappa shape index (κ1) is 12.6. The van der Waals surface area contributed by atoms with Crippen molar-refractivity contribution >= 4 is 16.8 Å². The van der Waals surface area contributed by atoms with E-state index in [1.54, 1.807) is 0 Å². The number of hydrogen-bond acceptors (Lipinski definition) is 2. The number of ether oxygens (including phenoxy) is 1. The molecule has 1 aromatic heterocycles. The summed E-state index contributed by atoms with van der Waals surface area (Å²) in [7, 11) is 0. The van der Waals surface area contributed by atoms with Crippen LogP contribution in [0.5, 0.6) is 0 Å². The molecular weight excluding hydrogens is 228 g/mol. The van der Waals surface area contributed by atoms with Crippen LogP contribution in [0.25, 0.3) is 10.9 Å². The van der Waals surface area contributed by atoms with Gasteiger partial charge in [-0.05, 0) is 37.4 Å². The lowest BCUT2D eigenvalue weighted by molar-refractivity contribution is 0.0872. The molecule has 0 spiro atoms. The monoisotopic (exact) mass is 246 g/mol. The minimum Gasteiger partial charge on any atom is -0.380 e. The third-order valence-electron chi connectivity index (χ3n) is 2.77. The second-order valence-corrected chi connectivity index (χ2v) is 4.31. The molecule has 0 aliphatic heterocycles. The maximum Gasteiger partial charge on any atom is 0.251 e. The zero-order chi connectivity index (χ0) is 13.0. The molecule has 0 saturated heterocycles. The van der Waals surface area contributed by atoms with Crippen LogP contribution < -0.4 is 5.32 Å². The van der Waals surface area contributed by atoms with Gasteiger partial charge in [-0.2, -0.15) is 0 Å². The van der Waals surface area contributed by atoms with Gasteiger partial charge in [0.2, 0.25) is 0 Å². The molecule has 1 unspecified atom stereocenters. The minimum atomic E-state index is -0.0706. The molecule has 2 rings (SSSR count). The van der Waals surface area contributed by atoms with E-state index in [1.165, 1.54) is 0 Å². The van der Waals surface area contributed by atoms with Gasteiger partial charge in [-0.1, -0.05) is 6.07 Å². The largest absolute Gasteiger partial charge is 0.380 e. The number of nitrogens with one attached hydrogen (secondary N) is 2. The van der Waals surface area contributed by atoms with Gasteiger partial charge in [-0.15, -0.1) is 0 Å². The average Bonchev–Trinajstić information content (AvgIpc) is 2.83. The van der Waals surface area contributed by atoms with Crippen molar-refractivity contribution in [1.29, 1.82) is 0 Å². The lowest BCUT2D eigenvalue weighted by Gasteiger charge is -2.13. The Morgan fingerprint density at radius 3 is 3.06 bits per heavy atom. The van der Waals surface area contributed by atoms with E-state index in [0.29, 0.717) is 18.8 Å². The normalized spacial score (nSPS) is 12.6. The number of amides is 1. The highest BCUT2D eigenvalue weighted by molar-refractivity contribution is 5.98. The molecule has 2 aromatic rings. The van der Waals surface area contributed by atoms with Crippen LogP contribution in [0.15, 0.2) is 30.5 Å². The minimum absolute atomic E-state index is 0.0109. The smallest absolute Gasteiger partial charge is 0.251 e. The van der Waals surface area contributed by atoms with Crippen molar-refractivity contribution in [3.05, 3.63) is 36.0 Å². The van der Waals surface area contributed by atoms with E-state index >= 15 is 0 Å². The number of carbonyl (C=O) groups excluding carboxylic acids is 1. The SMILES string of the molecule is CCOCC(C)NC(=O)c1ccc2cc[nH]c2c1. The first-order valence-electron chi connectivity index (χ1n) is 6.16. The van der Waals surface area contributed by atoms with Crippen LogP contribution in [0.1, 0.15) is 24.2 Å². The maximum absolute atomic E-state index is 12.0. The van der Waals surface area contributed by atoms with Gasteiger partial charge >= 0.3 is 0 Å². The van der Waals surface area contributed by atoms with Crippen molar-refractivity contribution in [3.8, 4) is 0 Å². The van der Waals surface area contributed by atoms with Crippen molar-refractivity contribution in [3.63, 3.8) is 0 Å². The molecule has 1 amide bonds. The van der Waals surface area contributed by atoms with Gasteiger partial charge < -0.3 is 15.0 Å². The molecule has 1 heterocycles. The molecule has 18 heavy (non-hydrogen) atoms. The van der Waals surface area contributed by atoms with Gasteiger partial charge in [0.25, 0.3) is 5.91 Å². The molecule has 1 atom stereocenters. The number of fused-ring (bicyclic) bond motifs is 1. The van der Waals surface area contributed by atoms with Gasteiger partial charge in [0.05, 0.1) is 6.61 Å². The topological polar surface area (TPSA) is 54.1 Å². The van der Waals surface area contributed by atoms with Crippen LogP contribution in [0.3, 0.4) is 0 Å². The van der Waals surface area contributed by atoms with Crippen molar-refractivity contribution in [2.24, 2.45) is 0 Å². The van der Waals surface area contributed by atoms with Gasteiger partial charge in [-0.3, -0.25) is 4.79 Å². The number of aromatic amines is 1. The summed E-state index contributed by atoms with van der Waals surface area (Å²) in [6.07, 6.45) is 1.87. The van der Waals surface area contributed by atoms with E-state index in [2.05, 4.69) is 10.3 Å². The molecule has 1 aromatic carbocycles. The lowest BCUT2D eigenvalue weighted by atomic mass is 10.1. The maximum atomic E-state index is 12.0. The lowest BCUT2D eigenvalue weighted by Crippen LogP contribution is -2.35. The predicted molar refractivity (Wildman–Crippen MR) is 71.7 cm³/mol. The molecule has 4 heteroatoms. The fourth-order valence-corrected chi connectivity index (χ4v) is 1.83. The summed E-state index contributed by atoms with van der Waals surface area (Å²) in [5, 5.41) is 4.02. The van der Waals surface area contributed by atoms with E-state index in [-0.39, 0.29) is 11.9 Å². The van der Waals surface area contributed by atoms with Gasteiger partial charge in [0.1, 0.15) is 0 Å². The van der Waals surface area contributed by atoms with Crippen LogP contribution in [-0.2, 0) is 4.74 Å². The average molecular weight is 246 g/mol.